The Kier molecular flexibility index (Phi) is 9.54. The van der Waals surface area contributed by atoms with Crippen LogP contribution in [0.5, 0.6) is 5.75 Å². The summed E-state index contributed by atoms with van der Waals surface area (Å²) in [4.78, 5) is 27.5. The van der Waals surface area contributed by atoms with Crippen LogP contribution in [0.2, 0.25) is 0 Å². The molecular formula is C31H33N7O5S3. The fourth-order valence-electron chi connectivity index (χ4n) is 5.35. The van der Waals surface area contributed by atoms with Crippen molar-refractivity contribution in [3.8, 4) is 5.75 Å². The molecule has 1 N–H and O–H groups in total. The van der Waals surface area contributed by atoms with Crippen LogP contribution in [-0.4, -0.2) is 76.0 Å². The molecular weight excluding hydrogens is 647 g/mol. The summed E-state index contributed by atoms with van der Waals surface area (Å²) < 4.78 is 34.1. The molecule has 1 fully saturated rings. The average Bonchev–Trinajstić information content (AvgIpc) is 3.90. The van der Waals surface area contributed by atoms with Gasteiger partial charge < -0.3 is 14.6 Å². The first-order chi connectivity index (χ1) is 22.2. The van der Waals surface area contributed by atoms with E-state index < -0.39 is 10.0 Å². The van der Waals surface area contributed by atoms with Crippen molar-refractivity contribution >= 4 is 50.6 Å². The lowest BCUT2D eigenvalue weighted by Crippen LogP contribution is -2.28. The standard InChI is InChI=1S/C31H33N7O5S3/c1-36-28(19-32-30(40)22-9-13-24(14-10-22)46(41,42)37-15-3-4-16-37)33-34-31(36)45-20-29(39)38-26(21-7-11-23(43-2)12-8-21)18-25(35-38)27-6-5-17-44-27/h5-14,17,26H,3-4,15-16,18-20H2,1-2H3,(H,32,40). The van der Waals surface area contributed by atoms with Crippen molar-refractivity contribution in [2.24, 2.45) is 12.1 Å². The molecule has 240 valence electrons. The van der Waals surface area contributed by atoms with Gasteiger partial charge in [0.25, 0.3) is 11.8 Å². The third-order valence-electron chi connectivity index (χ3n) is 7.95. The second kappa shape index (κ2) is 13.7. The second-order valence-electron chi connectivity index (χ2n) is 10.8. The number of hydrogen-bond donors (Lipinski definition) is 1. The Morgan fingerprint density at radius 2 is 1.78 bits per heavy atom. The molecule has 2 amide bonds. The first-order valence-corrected chi connectivity index (χ1v) is 18.0. The summed E-state index contributed by atoms with van der Waals surface area (Å²) in [5.41, 5.74) is 2.17. The van der Waals surface area contributed by atoms with Crippen LogP contribution in [0.1, 0.15) is 51.9 Å². The molecule has 6 rings (SSSR count). The highest BCUT2D eigenvalue weighted by atomic mass is 32.2. The highest BCUT2D eigenvalue weighted by Gasteiger charge is 2.34. The number of amides is 2. The summed E-state index contributed by atoms with van der Waals surface area (Å²) in [6.07, 6.45) is 2.31. The van der Waals surface area contributed by atoms with Crippen LogP contribution in [0.4, 0.5) is 0 Å². The summed E-state index contributed by atoms with van der Waals surface area (Å²) in [7, 11) is -0.160. The van der Waals surface area contributed by atoms with Crippen molar-refractivity contribution in [1.29, 1.82) is 0 Å². The zero-order chi connectivity index (χ0) is 32.3. The number of thioether (sulfide) groups is 1. The van der Waals surface area contributed by atoms with Gasteiger partial charge in [-0.1, -0.05) is 30.0 Å². The molecule has 0 spiro atoms. The van der Waals surface area contributed by atoms with E-state index in [4.69, 9.17) is 9.84 Å². The van der Waals surface area contributed by atoms with E-state index in [1.807, 2.05) is 41.8 Å². The van der Waals surface area contributed by atoms with Crippen molar-refractivity contribution < 1.29 is 22.7 Å². The van der Waals surface area contributed by atoms with Gasteiger partial charge in [-0.05, 0) is 66.2 Å². The highest BCUT2D eigenvalue weighted by Crippen LogP contribution is 2.35. The van der Waals surface area contributed by atoms with Gasteiger partial charge in [-0.2, -0.15) is 9.41 Å². The van der Waals surface area contributed by atoms with Gasteiger partial charge >= 0.3 is 0 Å². The average molecular weight is 680 g/mol. The normalized spacial score (nSPS) is 16.9. The number of carbonyl (C=O) groups excluding carboxylic acids is 2. The molecule has 2 aliphatic rings. The number of methoxy groups -OCH3 is 1. The fourth-order valence-corrected chi connectivity index (χ4v) is 8.37. The maximum Gasteiger partial charge on any atom is 0.253 e. The van der Waals surface area contributed by atoms with E-state index in [2.05, 4.69) is 15.5 Å². The summed E-state index contributed by atoms with van der Waals surface area (Å²) in [5.74, 6) is 0.816. The minimum Gasteiger partial charge on any atom is -0.497 e. The summed E-state index contributed by atoms with van der Waals surface area (Å²) in [5, 5.41) is 20.0. The van der Waals surface area contributed by atoms with Crippen LogP contribution in [0.15, 0.2) is 81.2 Å². The Labute approximate surface area is 275 Å². The molecule has 1 saturated heterocycles. The predicted octanol–water partition coefficient (Wildman–Crippen LogP) is 4.07. The molecule has 1 atom stereocenters. The summed E-state index contributed by atoms with van der Waals surface area (Å²) >= 11 is 2.84. The molecule has 0 aliphatic carbocycles. The number of hydrazone groups is 1. The number of nitrogens with zero attached hydrogens (tertiary/aromatic N) is 6. The van der Waals surface area contributed by atoms with Gasteiger partial charge in [0.1, 0.15) is 5.75 Å². The third kappa shape index (κ3) is 6.72. The largest absolute Gasteiger partial charge is 0.497 e. The van der Waals surface area contributed by atoms with E-state index in [0.29, 0.717) is 36.1 Å². The topological polar surface area (TPSA) is 139 Å². The predicted molar refractivity (Wildman–Crippen MR) is 175 cm³/mol. The molecule has 4 aromatic rings. The van der Waals surface area contributed by atoms with Crippen molar-refractivity contribution in [2.75, 3.05) is 26.0 Å². The molecule has 0 saturated carbocycles. The number of nitrogens with one attached hydrogen (secondary N) is 1. The third-order valence-corrected chi connectivity index (χ3v) is 11.8. The molecule has 2 aromatic heterocycles. The van der Waals surface area contributed by atoms with Crippen molar-refractivity contribution in [2.45, 2.75) is 41.9 Å². The molecule has 2 aromatic carbocycles. The highest BCUT2D eigenvalue weighted by molar-refractivity contribution is 7.99. The van der Waals surface area contributed by atoms with E-state index >= 15 is 0 Å². The van der Waals surface area contributed by atoms with E-state index in [-0.39, 0.29) is 35.0 Å². The van der Waals surface area contributed by atoms with Crippen LogP contribution < -0.4 is 10.1 Å². The van der Waals surface area contributed by atoms with E-state index in [1.54, 1.807) is 35.1 Å². The Hall–Kier alpha value is -4.05. The van der Waals surface area contributed by atoms with Gasteiger partial charge in [-0.15, -0.1) is 21.5 Å². The van der Waals surface area contributed by atoms with Crippen LogP contribution in [0.25, 0.3) is 0 Å². The molecule has 4 heterocycles. The van der Waals surface area contributed by atoms with Crippen molar-refractivity contribution in [3.63, 3.8) is 0 Å². The number of thiophene rings is 1. The Balaban J connectivity index is 1.07. The number of sulfonamides is 1. The van der Waals surface area contributed by atoms with Gasteiger partial charge in [-0.3, -0.25) is 9.59 Å². The number of ether oxygens (including phenoxy) is 1. The lowest BCUT2D eigenvalue weighted by atomic mass is 10.0. The number of carbonyl (C=O) groups is 2. The van der Waals surface area contributed by atoms with Crippen molar-refractivity contribution in [3.05, 3.63) is 87.9 Å². The first-order valence-electron chi connectivity index (χ1n) is 14.7. The van der Waals surface area contributed by atoms with Gasteiger partial charge in [-0.25, -0.2) is 13.4 Å². The molecule has 0 bridgehead atoms. The lowest BCUT2D eigenvalue weighted by Gasteiger charge is -2.22. The Morgan fingerprint density at radius 3 is 2.46 bits per heavy atom. The monoisotopic (exact) mass is 679 g/mol. The number of hydrogen-bond acceptors (Lipinski definition) is 10. The van der Waals surface area contributed by atoms with Crippen LogP contribution >= 0.6 is 23.1 Å². The Morgan fingerprint density at radius 1 is 1.04 bits per heavy atom. The molecule has 15 heteroatoms. The SMILES string of the molecule is COc1ccc(C2CC(c3cccs3)=NN2C(=O)CSc2nnc(CNC(=O)c3ccc(S(=O)(=O)N4CCCC4)cc3)n2C)cc1. The minimum absolute atomic E-state index is 0.0961. The first kappa shape index (κ1) is 31.9. The zero-order valence-corrected chi connectivity index (χ0v) is 27.8. The smallest absolute Gasteiger partial charge is 0.253 e. The quantitative estimate of drug-likeness (QED) is 0.234. The maximum absolute atomic E-state index is 13.5. The van der Waals surface area contributed by atoms with E-state index in [1.165, 1.54) is 40.3 Å². The van der Waals surface area contributed by atoms with Crippen LogP contribution in [-0.2, 0) is 28.4 Å². The lowest BCUT2D eigenvalue weighted by molar-refractivity contribution is -0.130. The van der Waals surface area contributed by atoms with Gasteiger partial charge in [0.05, 0.1) is 40.9 Å². The van der Waals surface area contributed by atoms with Crippen molar-refractivity contribution in [1.82, 2.24) is 29.4 Å². The van der Waals surface area contributed by atoms with Gasteiger partial charge in [0.2, 0.25) is 10.0 Å². The second-order valence-corrected chi connectivity index (χ2v) is 14.6. The molecule has 46 heavy (non-hydrogen) atoms. The molecule has 0 radical (unpaired) electrons. The van der Waals surface area contributed by atoms with Crippen LogP contribution in [0, 0.1) is 0 Å². The van der Waals surface area contributed by atoms with Gasteiger partial charge in [0.15, 0.2) is 11.0 Å². The maximum atomic E-state index is 13.5. The van der Waals surface area contributed by atoms with E-state index in [0.717, 1.165) is 34.7 Å². The number of rotatable bonds is 11. The Bertz CT molecular complexity index is 1830. The summed E-state index contributed by atoms with van der Waals surface area (Å²) in [6.45, 7) is 1.14. The van der Waals surface area contributed by atoms with E-state index in [9.17, 15) is 18.0 Å². The van der Waals surface area contributed by atoms with Gasteiger partial charge in [0, 0.05) is 32.1 Å². The summed E-state index contributed by atoms with van der Waals surface area (Å²) in [6, 6.07) is 17.3. The zero-order valence-electron chi connectivity index (χ0n) is 25.3. The minimum atomic E-state index is -3.55. The molecule has 1 unspecified atom stereocenters. The molecule has 2 aliphatic heterocycles. The number of aromatic nitrogens is 3. The fraction of sp³-hybridized carbons (Fsp3) is 0.323. The van der Waals surface area contributed by atoms with Crippen LogP contribution in [0.3, 0.4) is 0 Å². The molecule has 12 nitrogen and oxygen atoms in total. The number of benzene rings is 2.